The van der Waals surface area contributed by atoms with Gasteiger partial charge < -0.3 is 10.1 Å². The third kappa shape index (κ3) is 3.17. The lowest BCUT2D eigenvalue weighted by molar-refractivity contribution is -0.127. The molecule has 0 spiro atoms. The van der Waals surface area contributed by atoms with Gasteiger partial charge in [0.25, 0.3) is 5.56 Å². The number of H-pyrrole nitrogens is 1. The lowest BCUT2D eigenvalue weighted by Gasteiger charge is -2.06. The highest BCUT2D eigenvalue weighted by Crippen LogP contribution is 2.26. The second-order valence-corrected chi connectivity index (χ2v) is 5.68. The smallest absolute Gasteiger partial charge is 0.393 e. The summed E-state index contributed by atoms with van der Waals surface area (Å²) in [6.45, 7) is 1.54. The molecule has 10 heteroatoms. The predicted octanol–water partition coefficient (Wildman–Crippen LogP) is 2.94. The van der Waals surface area contributed by atoms with Gasteiger partial charge in [0.15, 0.2) is 5.69 Å². The fourth-order valence-corrected chi connectivity index (χ4v) is 2.59. The molecule has 0 bridgehead atoms. The zero-order valence-electron chi connectivity index (χ0n) is 13.2. The first-order valence-electron chi connectivity index (χ1n) is 7.28. The number of carbonyl (C=O) groups is 1. The average molecular weight is 369 g/mol. The Morgan fingerprint density at radius 2 is 2.04 bits per heavy atom. The summed E-state index contributed by atoms with van der Waals surface area (Å²) < 4.78 is 52.8. The van der Waals surface area contributed by atoms with Gasteiger partial charge in [-0.15, -0.1) is 0 Å². The van der Waals surface area contributed by atoms with Crippen molar-refractivity contribution in [1.82, 2.24) is 14.6 Å². The Kier molecular flexibility index (Phi) is 4.05. The van der Waals surface area contributed by atoms with Crippen LogP contribution in [0.5, 0.6) is 0 Å². The lowest BCUT2D eigenvalue weighted by atomic mass is 10.1. The van der Waals surface area contributed by atoms with Crippen molar-refractivity contribution < 1.29 is 27.5 Å². The number of aromatic carboxylic acids is 1. The van der Waals surface area contributed by atoms with E-state index in [4.69, 9.17) is 5.11 Å². The quantitative estimate of drug-likeness (QED) is 0.695. The molecule has 0 radical (unpaired) electrons. The van der Waals surface area contributed by atoms with E-state index < -0.39 is 46.7 Å². The summed E-state index contributed by atoms with van der Waals surface area (Å²) in [6.07, 6.45) is -5.19. The Labute approximate surface area is 142 Å². The molecule has 0 aliphatic rings. The normalized spacial score (nSPS) is 11.9. The number of aryl methyl sites for hydroxylation is 1. The Hall–Kier alpha value is -3.17. The second kappa shape index (κ2) is 5.97. The molecule has 26 heavy (non-hydrogen) atoms. The molecular formula is C16H11F4N3O3. The van der Waals surface area contributed by atoms with E-state index in [0.29, 0.717) is 5.56 Å². The molecule has 6 nitrogen and oxygen atoms in total. The minimum atomic E-state index is -4.72. The van der Waals surface area contributed by atoms with Gasteiger partial charge in [-0.3, -0.25) is 4.79 Å². The van der Waals surface area contributed by atoms with Crippen LogP contribution in [0.4, 0.5) is 17.6 Å². The van der Waals surface area contributed by atoms with Crippen LogP contribution in [0.15, 0.2) is 29.2 Å². The van der Waals surface area contributed by atoms with Gasteiger partial charge in [0.2, 0.25) is 0 Å². The summed E-state index contributed by atoms with van der Waals surface area (Å²) in [6, 6.07) is 4.12. The van der Waals surface area contributed by atoms with Gasteiger partial charge in [0.1, 0.15) is 11.3 Å². The highest BCUT2D eigenvalue weighted by molar-refractivity contribution is 5.90. The number of alkyl halides is 3. The number of carboxylic acid groups (broad SMARTS) is 1. The maximum Gasteiger partial charge on any atom is 0.393 e. The summed E-state index contributed by atoms with van der Waals surface area (Å²) >= 11 is 0. The monoisotopic (exact) mass is 369 g/mol. The molecule has 0 aliphatic carbocycles. The second-order valence-electron chi connectivity index (χ2n) is 5.68. The topological polar surface area (TPSA) is 87.5 Å². The Morgan fingerprint density at radius 1 is 1.35 bits per heavy atom. The van der Waals surface area contributed by atoms with E-state index in [1.54, 1.807) is 6.92 Å². The van der Waals surface area contributed by atoms with Crippen LogP contribution in [0.2, 0.25) is 0 Å². The molecule has 0 saturated carbocycles. The molecule has 2 heterocycles. The number of hydrogen-bond donors (Lipinski definition) is 2. The van der Waals surface area contributed by atoms with E-state index in [1.165, 1.54) is 12.1 Å². The number of hydrogen-bond acceptors (Lipinski definition) is 3. The van der Waals surface area contributed by atoms with Crippen molar-refractivity contribution in [3.63, 3.8) is 0 Å². The third-order valence-corrected chi connectivity index (χ3v) is 3.79. The summed E-state index contributed by atoms with van der Waals surface area (Å²) in [7, 11) is 0. The Morgan fingerprint density at radius 3 is 2.62 bits per heavy atom. The number of benzene rings is 1. The van der Waals surface area contributed by atoms with E-state index in [1.807, 2.05) is 0 Å². The molecule has 0 unspecified atom stereocenters. The van der Waals surface area contributed by atoms with Gasteiger partial charge in [-0.2, -0.15) is 18.3 Å². The Balaban J connectivity index is 2.25. The lowest BCUT2D eigenvalue weighted by Crippen LogP contribution is -2.17. The van der Waals surface area contributed by atoms with Crippen molar-refractivity contribution in [1.29, 1.82) is 0 Å². The molecule has 3 aromatic rings. The number of halogens is 4. The number of rotatable bonds is 3. The number of nitrogens with zero attached hydrogens (tertiary/aromatic N) is 2. The highest BCUT2D eigenvalue weighted by atomic mass is 19.4. The predicted molar refractivity (Wildman–Crippen MR) is 82.7 cm³/mol. The van der Waals surface area contributed by atoms with Crippen LogP contribution in [0.1, 0.15) is 21.6 Å². The van der Waals surface area contributed by atoms with Crippen LogP contribution in [0.3, 0.4) is 0 Å². The van der Waals surface area contributed by atoms with Gasteiger partial charge in [0, 0.05) is 11.1 Å². The zero-order valence-corrected chi connectivity index (χ0v) is 13.2. The van der Waals surface area contributed by atoms with Gasteiger partial charge >= 0.3 is 12.1 Å². The van der Waals surface area contributed by atoms with E-state index in [2.05, 4.69) is 10.1 Å². The zero-order chi connectivity index (χ0) is 19.2. The summed E-state index contributed by atoms with van der Waals surface area (Å²) in [5.74, 6) is -2.22. The minimum Gasteiger partial charge on any atom is -0.476 e. The van der Waals surface area contributed by atoms with Crippen molar-refractivity contribution in [2.45, 2.75) is 19.5 Å². The molecule has 3 rings (SSSR count). The number of aromatic nitrogens is 3. The van der Waals surface area contributed by atoms with Crippen molar-refractivity contribution in [2.75, 3.05) is 0 Å². The first-order valence-corrected chi connectivity index (χ1v) is 7.28. The molecule has 2 N–H and O–H groups in total. The third-order valence-electron chi connectivity index (χ3n) is 3.79. The average Bonchev–Trinajstić information content (AvgIpc) is 2.87. The van der Waals surface area contributed by atoms with Crippen LogP contribution in [0.25, 0.3) is 16.8 Å². The van der Waals surface area contributed by atoms with Crippen molar-refractivity contribution in [2.24, 2.45) is 0 Å². The van der Waals surface area contributed by atoms with Crippen LogP contribution in [-0.2, 0) is 6.42 Å². The van der Waals surface area contributed by atoms with Crippen LogP contribution in [0, 0.1) is 12.7 Å². The van der Waals surface area contributed by atoms with Gasteiger partial charge in [-0.1, -0.05) is 12.1 Å². The van der Waals surface area contributed by atoms with Gasteiger partial charge in [-0.05, 0) is 18.6 Å². The van der Waals surface area contributed by atoms with E-state index in [-0.39, 0.29) is 11.3 Å². The fraction of sp³-hybridized carbons (Fsp3) is 0.188. The van der Waals surface area contributed by atoms with E-state index >= 15 is 0 Å². The van der Waals surface area contributed by atoms with Gasteiger partial charge in [0.05, 0.1) is 18.3 Å². The largest absolute Gasteiger partial charge is 0.476 e. The summed E-state index contributed by atoms with van der Waals surface area (Å²) in [5.41, 5.74) is -2.35. The molecule has 0 fully saturated rings. The first kappa shape index (κ1) is 17.6. The summed E-state index contributed by atoms with van der Waals surface area (Å²) in [4.78, 5) is 25.9. The fourth-order valence-electron chi connectivity index (χ4n) is 2.59. The molecule has 1 aromatic carbocycles. The number of aromatic amines is 1. The number of nitrogens with one attached hydrogen (secondary N) is 1. The highest BCUT2D eigenvalue weighted by Gasteiger charge is 2.34. The van der Waals surface area contributed by atoms with Crippen molar-refractivity contribution in [3.05, 3.63) is 57.4 Å². The molecule has 0 amide bonds. The van der Waals surface area contributed by atoms with Gasteiger partial charge in [-0.25, -0.2) is 13.7 Å². The molecule has 0 atom stereocenters. The van der Waals surface area contributed by atoms with Crippen LogP contribution < -0.4 is 5.56 Å². The molecule has 0 aliphatic heterocycles. The van der Waals surface area contributed by atoms with E-state index in [0.717, 1.165) is 16.8 Å². The first-order chi connectivity index (χ1) is 12.1. The van der Waals surface area contributed by atoms with Crippen molar-refractivity contribution >= 4 is 11.5 Å². The Bertz CT molecular complexity index is 1080. The molecular weight excluding hydrogens is 358 g/mol. The van der Waals surface area contributed by atoms with Crippen molar-refractivity contribution in [3.8, 4) is 11.3 Å². The molecule has 2 aromatic heterocycles. The number of carboxylic acids is 1. The van der Waals surface area contributed by atoms with Crippen LogP contribution in [-0.4, -0.2) is 31.9 Å². The standard InChI is InChI=1S/C16H11F4N3O3/c1-7-2-3-8(4-10(7)17)11-6-23-13(14(24)21-11)9(5-16(18,19)20)12(22-23)15(25)26/h2-4,6H,5H2,1H3,(H,21,24)(H,25,26). The maximum atomic E-state index is 13.7. The summed E-state index contributed by atoms with van der Waals surface area (Å²) in [5, 5.41) is 12.7. The van der Waals surface area contributed by atoms with Crippen LogP contribution >= 0.6 is 0 Å². The molecule has 0 saturated heterocycles. The SMILES string of the molecule is Cc1ccc(-c2cn3nc(C(=O)O)c(CC(F)(F)F)c3c(=O)[nH]2)cc1F. The maximum absolute atomic E-state index is 13.7. The van der Waals surface area contributed by atoms with E-state index in [9.17, 15) is 27.2 Å². The minimum absolute atomic E-state index is 0.0828. The molecule has 136 valence electrons. The number of fused-ring (bicyclic) bond motifs is 1.